The van der Waals surface area contributed by atoms with Crippen molar-refractivity contribution in [2.45, 2.75) is 23.8 Å². The number of benzene rings is 1. The van der Waals surface area contributed by atoms with E-state index >= 15 is 0 Å². The minimum Gasteiger partial charge on any atom is -0.462 e. The maximum absolute atomic E-state index is 13.0. The Morgan fingerprint density at radius 1 is 1.09 bits per heavy atom. The van der Waals surface area contributed by atoms with Crippen molar-refractivity contribution in [1.82, 2.24) is 5.32 Å². The van der Waals surface area contributed by atoms with Crippen molar-refractivity contribution in [2.75, 3.05) is 17.2 Å². The first kappa shape index (κ1) is 25.9. The number of carbonyl (C=O) groups excluding carboxylic acids is 3. The second-order valence-electron chi connectivity index (χ2n) is 6.87. The summed E-state index contributed by atoms with van der Waals surface area (Å²) in [4.78, 5) is 38.4. The Morgan fingerprint density at radius 3 is 2.38 bits per heavy atom. The van der Waals surface area contributed by atoms with E-state index in [1.807, 2.05) is 6.07 Å². The van der Waals surface area contributed by atoms with Crippen LogP contribution in [0.4, 0.5) is 10.7 Å². The second kappa shape index (κ2) is 11.1. The van der Waals surface area contributed by atoms with Gasteiger partial charge in [0, 0.05) is 5.69 Å². The maximum Gasteiger partial charge on any atom is 0.341 e. The number of halogens is 3. The number of amides is 2. The Labute approximate surface area is 214 Å². The Morgan fingerprint density at radius 2 is 1.79 bits per heavy atom. The van der Waals surface area contributed by atoms with Gasteiger partial charge < -0.3 is 25.1 Å². The molecule has 0 fully saturated rings. The molecular weight excluding hydrogens is 525 g/mol. The standard InChI is InChI=1S/C22H20Cl3N3O5S/c1-3-32-20(31)15-12(2)16(18(30)26-13-8-5-4-6-9-13)34-19(15)28-21(22(23,24)25)27-17(29)14-10-7-11-33-14/h4-11,21,28H,3H2,1-2H3,(H,26,30)(H,27,29)/t21-/m0/s1. The van der Waals surface area contributed by atoms with Gasteiger partial charge in [-0.05, 0) is 43.7 Å². The fourth-order valence-electron chi connectivity index (χ4n) is 2.93. The molecule has 0 saturated heterocycles. The molecule has 0 saturated carbocycles. The summed E-state index contributed by atoms with van der Waals surface area (Å²) in [6.07, 6.45) is 0.0394. The third kappa shape index (κ3) is 6.24. The predicted molar refractivity (Wildman–Crippen MR) is 133 cm³/mol. The van der Waals surface area contributed by atoms with Crippen LogP contribution in [0, 0.1) is 6.92 Å². The SMILES string of the molecule is CCOC(=O)c1c(N[C@H](NC(=O)c2ccco2)C(Cl)(Cl)Cl)sc(C(=O)Nc2ccccc2)c1C. The van der Waals surface area contributed by atoms with Gasteiger partial charge in [-0.3, -0.25) is 9.59 Å². The summed E-state index contributed by atoms with van der Waals surface area (Å²) in [7, 11) is 0. The number of furan rings is 1. The van der Waals surface area contributed by atoms with Crippen molar-refractivity contribution in [3.63, 3.8) is 0 Å². The summed E-state index contributed by atoms with van der Waals surface area (Å²) < 4.78 is 8.20. The molecule has 0 spiro atoms. The lowest BCUT2D eigenvalue weighted by Crippen LogP contribution is -2.49. The van der Waals surface area contributed by atoms with Gasteiger partial charge in [-0.25, -0.2) is 4.79 Å². The van der Waals surface area contributed by atoms with Crippen molar-refractivity contribution >= 4 is 74.6 Å². The molecule has 1 atom stereocenters. The number of nitrogens with one attached hydrogen (secondary N) is 3. The highest BCUT2D eigenvalue weighted by molar-refractivity contribution is 7.18. The molecule has 1 aromatic carbocycles. The monoisotopic (exact) mass is 543 g/mol. The van der Waals surface area contributed by atoms with Gasteiger partial charge in [-0.15, -0.1) is 11.3 Å². The fourth-order valence-corrected chi connectivity index (χ4v) is 4.38. The molecule has 12 heteroatoms. The van der Waals surface area contributed by atoms with Gasteiger partial charge in [0.05, 0.1) is 23.3 Å². The number of anilines is 2. The van der Waals surface area contributed by atoms with E-state index in [0.717, 1.165) is 11.3 Å². The molecule has 0 unspecified atom stereocenters. The molecule has 3 rings (SSSR count). The van der Waals surface area contributed by atoms with Crippen molar-refractivity contribution in [3.8, 4) is 0 Å². The van der Waals surface area contributed by atoms with Crippen LogP contribution >= 0.6 is 46.1 Å². The number of thiophene rings is 1. The quantitative estimate of drug-likeness (QED) is 0.193. The normalized spacial score (nSPS) is 12.0. The second-order valence-corrected chi connectivity index (χ2v) is 10.3. The molecule has 0 aliphatic rings. The average molecular weight is 545 g/mol. The Balaban J connectivity index is 1.95. The fraction of sp³-hybridized carbons (Fsp3) is 0.227. The minimum absolute atomic E-state index is 0.00282. The highest BCUT2D eigenvalue weighted by atomic mass is 35.6. The largest absolute Gasteiger partial charge is 0.462 e. The number of ether oxygens (including phenoxy) is 1. The first-order valence-corrected chi connectivity index (χ1v) is 11.9. The molecule has 180 valence electrons. The van der Waals surface area contributed by atoms with Crippen molar-refractivity contribution in [3.05, 3.63) is 70.5 Å². The molecule has 2 heterocycles. The number of alkyl halides is 3. The first-order chi connectivity index (χ1) is 16.1. The summed E-state index contributed by atoms with van der Waals surface area (Å²) in [6.45, 7) is 3.38. The molecule has 2 amide bonds. The van der Waals surface area contributed by atoms with Crippen molar-refractivity contribution in [2.24, 2.45) is 0 Å². The molecule has 3 aromatic rings. The highest BCUT2D eigenvalue weighted by Crippen LogP contribution is 2.38. The zero-order valence-electron chi connectivity index (χ0n) is 18.0. The van der Waals surface area contributed by atoms with E-state index in [9.17, 15) is 14.4 Å². The average Bonchev–Trinajstić information content (AvgIpc) is 3.42. The van der Waals surface area contributed by atoms with Crippen LogP contribution in [0.2, 0.25) is 0 Å². The highest BCUT2D eigenvalue weighted by Gasteiger charge is 2.37. The first-order valence-electron chi connectivity index (χ1n) is 9.96. The Bertz CT molecular complexity index is 1160. The lowest BCUT2D eigenvalue weighted by molar-refractivity contribution is 0.0527. The Hall–Kier alpha value is -2.72. The summed E-state index contributed by atoms with van der Waals surface area (Å²) in [5, 5.41) is 8.35. The van der Waals surface area contributed by atoms with Crippen LogP contribution in [0.3, 0.4) is 0 Å². The van der Waals surface area contributed by atoms with Crippen LogP contribution in [0.1, 0.15) is 43.1 Å². The van der Waals surface area contributed by atoms with E-state index in [0.29, 0.717) is 11.3 Å². The zero-order valence-corrected chi connectivity index (χ0v) is 21.1. The number of esters is 1. The molecule has 3 N–H and O–H groups in total. The molecule has 34 heavy (non-hydrogen) atoms. The maximum atomic E-state index is 13.0. The molecule has 2 aromatic heterocycles. The zero-order chi connectivity index (χ0) is 24.9. The van der Waals surface area contributed by atoms with Gasteiger partial charge in [0.2, 0.25) is 3.79 Å². The van der Waals surface area contributed by atoms with E-state index in [4.69, 9.17) is 44.0 Å². The van der Waals surface area contributed by atoms with Crippen LogP contribution in [0.25, 0.3) is 0 Å². The van der Waals surface area contributed by atoms with E-state index in [-0.39, 0.29) is 27.8 Å². The molecule has 0 aliphatic heterocycles. The van der Waals surface area contributed by atoms with Crippen LogP contribution in [0.15, 0.2) is 53.1 Å². The number of hydrogen-bond donors (Lipinski definition) is 3. The van der Waals surface area contributed by atoms with Gasteiger partial charge in [-0.1, -0.05) is 53.0 Å². The van der Waals surface area contributed by atoms with E-state index < -0.39 is 27.7 Å². The lowest BCUT2D eigenvalue weighted by Gasteiger charge is -2.26. The summed E-state index contributed by atoms with van der Waals surface area (Å²) in [6, 6.07) is 11.8. The summed E-state index contributed by atoms with van der Waals surface area (Å²) in [5.74, 6) is -1.76. The summed E-state index contributed by atoms with van der Waals surface area (Å²) >= 11 is 19.3. The van der Waals surface area contributed by atoms with E-state index in [1.165, 1.54) is 18.4 Å². The molecule has 0 aliphatic carbocycles. The minimum atomic E-state index is -2.03. The van der Waals surface area contributed by atoms with E-state index in [1.54, 1.807) is 38.1 Å². The van der Waals surface area contributed by atoms with Crippen molar-refractivity contribution < 1.29 is 23.5 Å². The number of hydrogen-bond acceptors (Lipinski definition) is 7. The summed E-state index contributed by atoms with van der Waals surface area (Å²) in [5.41, 5.74) is 1.05. The van der Waals surface area contributed by atoms with Gasteiger partial charge in [0.25, 0.3) is 11.8 Å². The number of rotatable bonds is 8. The third-order valence-electron chi connectivity index (χ3n) is 4.49. The van der Waals surface area contributed by atoms with Crippen molar-refractivity contribution in [1.29, 1.82) is 0 Å². The smallest absolute Gasteiger partial charge is 0.341 e. The number of para-hydroxylation sites is 1. The van der Waals surface area contributed by atoms with Gasteiger partial charge in [-0.2, -0.15) is 0 Å². The lowest BCUT2D eigenvalue weighted by atomic mass is 10.1. The Kier molecular flexibility index (Phi) is 8.48. The van der Waals surface area contributed by atoms with Gasteiger partial charge >= 0.3 is 5.97 Å². The number of carbonyl (C=O) groups is 3. The third-order valence-corrected chi connectivity index (χ3v) is 6.36. The molecule has 0 radical (unpaired) electrons. The van der Waals surface area contributed by atoms with Crippen LogP contribution in [-0.4, -0.2) is 34.3 Å². The van der Waals surface area contributed by atoms with Crippen LogP contribution in [0.5, 0.6) is 0 Å². The molecule has 0 bridgehead atoms. The topological polar surface area (TPSA) is 110 Å². The predicted octanol–water partition coefficient (Wildman–Crippen LogP) is 5.62. The molecule has 8 nitrogen and oxygen atoms in total. The van der Waals surface area contributed by atoms with Gasteiger partial charge in [0.1, 0.15) is 11.2 Å². The van der Waals surface area contributed by atoms with E-state index in [2.05, 4.69) is 16.0 Å². The van der Waals surface area contributed by atoms with Crippen LogP contribution in [-0.2, 0) is 4.74 Å². The van der Waals surface area contributed by atoms with Crippen LogP contribution < -0.4 is 16.0 Å². The molecular formula is C22H20Cl3N3O5S. The van der Waals surface area contributed by atoms with Gasteiger partial charge in [0.15, 0.2) is 5.76 Å².